The minimum atomic E-state index is 0.318. The number of nitrogens with one attached hydrogen (secondary N) is 1. The van der Waals surface area contributed by atoms with E-state index in [1.54, 1.807) is 6.33 Å². The van der Waals surface area contributed by atoms with E-state index in [0.29, 0.717) is 6.04 Å². The Morgan fingerprint density at radius 3 is 2.72 bits per heavy atom. The molecule has 0 bridgehead atoms. The van der Waals surface area contributed by atoms with Crippen LogP contribution < -0.4 is 5.32 Å². The zero-order valence-corrected chi connectivity index (χ0v) is 11.4. The van der Waals surface area contributed by atoms with Crippen molar-refractivity contribution in [2.24, 2.45) is 0 Å². The normalized spacial score (nSPS) is 11.2. The number of rotatable bonds is 4. The third kappa shape index (κ3) is 2.43. The van der Waals surface area contributed by atoms with Crippen molar-refractivity contribution < 1.29 is 0 Å². The lowest BCUT2D eigenvalue weighted by Gasteiger charge is -2.12. The molecule has 0 spiro atoms. The number of hydrogen-bond acceptors (Lipinski definition) is 3. The lowest BCUT2D eigenvalue weighted by molar-refractivity contribution is 0.537. The summed E-state index contributed by atoms with van der Waals surface area (Å²) >= 11 is 0. The lowest BCUT2D eigenvalue weighted by atomic mass is 10.0. The smallest absolute Gasteiger partial charge is 0.158 e. The molecule has 0 saturated heterocycles. The van der Waals surface area contributed by atoms with E-state index < -0.39 is 0 Å². The molecule has 18 heavy (non-hydrogen) atoms. The molecule has 0 fully saturated rings. The van der Waals surface area contributed by atoms with Crippen LogP contribution in [-0.4, -0.2) is 21.8 Å². The quantitative estimate of drug-likeness (QED) is 0.898. The van der Waals surface area contributed by atoms with E-state index in [0.717, 1.165) is 17.9 Å². The molecule has 2 aromatic rings. The van der Waals surface area contributed by atoms with Gasteiger partial charge in [-0.2, -0.15) is 5.10 Å². The highest BCUT2D eigenvalue weighted by molar-refractivity contribution is 5.60. The van der Waals surface area contributed by atoms with E-state index in [2.05, 4.69) is 54.4 Å². The first-order valence-electron chi connectivity index (χ1n) is 6.27. The summed E-state index contributed by atoms with van der Waals surface area (Å²) in [5, 5.41) is 7.45. The Morgan fingerprint density at radius 1 is 1.33 bits per heavy atom. The van der Waals surface area contributed by atoms with Gasteiger partial charge in [-0.15, -0.1) is 0 Å². The molecule has 0 saturated carbocycles. The van der Waals surface area contributed by atoms with E-state index in [1.807, 2.05) is 11.7 Å². The second kappa shape index (κ2) is 5.31. The van der Waals surface area contributed by atoms with Crippen LogP contribution in [0.3, 0.4) is 0 Å². The minimum absolute atomic E-state index is 0.318. The second-order valence-corrected chi connectivity index (χ2v) is 4.80. The second-order valence-electron chi connectivity index (χ2n) is 4.80. The van der Waals surface area contributed by atoms with Crippen LogP contribution in [0.25, 0.3) is 11.4 Å². The summed E-state index contributed by atoms with van der Waals surface area (Å²) in [7, 11) is 1.96. The Bertz CT molecular complexity index is 528. The van der Waals surface area contributed by atoms with Gasteiger partial charge in [0.25, 0.3) is 0 Å². The number of benzene rings is 1. The van der Waals surface area contributed by atoms with Gasteiger partial charge in [0.2, 0.25) is 0 Å². The Morgan fingerprint density at radius 2 is 2.11 bits per heavy atom. The Hall–Kier alpha value is -1.68. The van der Waals surface area contributed by atoms with E-state index in [4.69, 9.17) is 0 Å². The molecule has 0 unspecified atom stereocenters. The van der Waals surface area contributed by atoms with Crippen molar-refractivity contribution in [3.63, 3.8) is 0 Å². The van der Waals surface area contributed by atoms with Crippen LogP contribution in [0.15, 0.2) is 24.5 Å². The van der Waals surface area contributed by atoms with Crippen molar-refractivity contribution in [2.75, 3.05) is 7.05 Å². The van der Waals surface area contributed by atoms with Crippen molar-refractivity contribution in [1.29, 1.82) is 0 Å². The van der Waals surface area contributed by atoms with Gasteiger partial charge >= 0.3 is 0 Å². The molecule has 1 aromatic heterocycles. The standard InChI is InChI=1S/C14H20N4/c1-10(2)18-14(16-9-17-18)13-6-5-12(8-15-4)7-11(13)3/h5-7,9-10,15H,8H2,1-4H3. The monoisotopic (exact) mass is 244 g/mol. The molecule has 0 aliphatic rings. The number of aryl methyl sites for hydroxylation is 1. The summed E-state index contributed by atoms with van der Waals surface area (Å²) in [4.78, 5) is 4.38. The number of hydrogen-bond donors (Lipinski definition) is 1. The molecule has 0 amide bonds. The van der Waals surface area contributed by atoms with Gasteiger partial charge in [-0.05, 0) is 38.9 Å². The fraction of sp³-hybridized carbons (Fsp3) is 0.429. The van der Waals surface area contributed by atoms with Crippen LogP contribution in [0.2, 0.25) is 0 Å². The van der Waals surface area contributed by atoms with Gasteiger partial charge in [-0.1, -0.05) is 18.2 Å². The lowest BCUT2D eigenvalue weighted by Crippen LogP contribution is -2.07. The summed E-state index contributed by atoms with van der Waals surface area (Å²) < 4.78 is 1.96. The van der Waals surface area contributed by atoms with Crippen LogP contribution in [0.4, 0.5) is 0 Å². The van der Waals surface area contributed by atoms with Crippen molar-refractivity contribution in [2.45, 2.75) is 33.4 Å². The highest BCUT2D eigenvalue weighted by atomic mass is 15.3. The van der Waals surface area contributed by atoms with Gasteiger partial charge < -0.3 is 5.32 Å². The molecule has 0 aliphatic carbocycles. The number of nitrogens with zero attached hydrogens (tertiary/aromatic N) is 3. The van der Waals surface area contributed by atoms with Crippen LogP contribution in [-0.2, 0) is 6.54 Å². The van der Waals surface area contributed by atoms with Crippen LogP contribution in [0.5, 0.6) is 0 Å². The van der Waals surface area contributed by atoms with Gasteiger partial charge in [0.15, 0.2) is 5.82 Å². The molecule has 0 radical (unpaired) electrons. The molecular weight excluding hydrogens is 224 g/mol. The fourth-order valence-electron chi connectivity index (χ4n) is 2.11. The predicted molar refractivity (Wildman–Crippen MR) is 73.3 cm³/mol. The molecule has 1 heterocycles. The average molecular weight is 244 g/mol. The first kappa shape index (κ1) is 12.8. The zero-order valence-electron chi connectivity index (χ0n) is 11.4. The highest BCUT2D eigenvalue weighted by Gasteiger charge is 2.12. The van der Waals surface area contributed by atoms with E-state index in [9.17, 15) is 0 Å². The average Bonchev–Trinajstić information content (AvgIpc) is 2.78. The van der Waals surface area contributed by atoms with E-state index >= 15 is 0 Å². The molecule has 4 heteroatoms. The van der Waals surface area contributed by atoms with Crippen LogP contribution in [0.1, 0.15) is 31.0 Å². The molecule has 1 N–H and O–H groups in total. The van der Waals surface area contributed by atoms with Gasteiger partial charge in [-0.25, -0.2) is 9.67 Å². The summed E-state index contributed by atoms with van der Waals surface area (Å²) in [6.07, 6.45) is 1.62. The first-order chi connectivity index (χ1) is 8.63. The molecular formula is C14H20N4. The maximum atomic E-state index is 4.38. The molecule has 1 aromatic carbocycles. The largest absolute Gasteiger partial charge is 0.316 e. The predicted octanol–water partition coefficient (Wildman–Crippen LogP) is 2.55. The zero-order chi connectivity index (χ0) is 13.1. The number of aromatic nitrogens is 3. The maximum absolute atomic E-state index is 4.38. The summed E-state index contributed by atoms with van der Waals surface area (Å²) in [5.74, 6) is 0.943. The first-order valence-corrected chi connectivity index (χ1v) is 6.27. The highest BCUT2D eigenvalue weighted by Crippen LogP contribution is 2.24. The fourth-order valence-corrected chi connectivity index (χ4v) is 2.11. The van der Waals surface area contributed by atoms with Gasteiger partial charge in [0, 0.05) is 18.2 Å². The third-order valence-corrected chi connectivity index (χ3v) is 2.97. The molecule has 2 rings (SSSR count). The van der Waals surface area contributed by atoms with Gasteiger partial charge in [0.05, 0.1) is 0 Å². The molecule has 96 valence electrons. The van der Waals surface area contributed by atoms with E-state index in [1.165, 1.54) is 11.1 Å². The molecule has 0 aliphatic heterocycles. The topological polar surface area (TPSA) is 42.7 Å². The van der Waals surface area contributed by atoms with Crippen LogP contribution in [0, 0.1) is 6.92 Å². The third-order valence-electron chi connectivity index (χ3n) is 2.97. The minimum Gasteiger partial charge on any atom is -0.316 e. The Kier molecular flexibility index (Phi) is 3.77. The van der Waals surface area contributed by atoms with Crippen LogP contribution >= 0.6 is 0 Å². The summed E-state index contributed by atoms with van der Waals surface area (Å²) in [5.41, 5.74) is 3.67. The Labute approximate surface area is 108 Å². The van der Waals surface area contributed by atoms with Crippen molar-refractivity contribution in [3.8, 4) is 11.4 Å². The summed E-state index contributed by atoms with van der Waals surface area (Å²) in [6, 6.07) is 6.78. The van der Waals surface area contributed by atoms with Crippen molar-refractivity contribution in [1.82, 2.24) is 20.1 Å². The maximum Gasteiger partial charge on any atom is 0.158 e. The van der Waals surface area contributed by atoms with Crippen molar-refractivity contribution in [3.05, 3.63) is 35.7 Å². The summed E-state index contributed by atoms with van der Waals surface area (Å²) in [6.45, 7) is 7.23. The van der Waals surface area contributed by atoms with E-state index in [-0.39, 0.29) is 0 Å². The SMILES string of the molecule is CNCc1ccc(-c2ncnn2C(C)C)c(C)c1. The van der Waals surface area contributed by atoms with Crippen molar-refractivity contribution >= 4 is 0 Å². The Balaban J connectivity index is 2.42. The molecule has 4 nitrogen and oxygen atoms in total. The molecule has 0 atom stereocenters. The van der Waals surface area contributed by atoms with Gasteiger partial charge in [-0.3, -0.25) is 0 Å². The van der Waals surface area contributed by atoms with Gasteiger partial charge in [0.1, 0.15) is 6.33 Å².